The Hall–Kier alpha value is -3.88. The Morgan fingerprint density at radius 3 is 2.78 bits per heavy atom. The van der Waals surface area contributed by atoms with E-state index in [4.69, 9.17) is 15.2 Å². The minimum atomic E-state index is -0.360. The molecule has 8 nitrogen and oxygen atoms in total. The second-order valence-corrected chi connectivity index (χ2v) is 7.48. The zero-order chi connectivity index (χ0) is 22.7. The number of hydrogen-bond donors (Lipinski definition) is 3. The molecule has 4 rings (SSSR count). The third-order valence-electron chi connectivity index (χ3n) is 5.12. The second kappa shape index (κ2) is 9.09. The molecule has 0 aliphatic heterocycles. The van der Waals surface area contributed by atoms with Crippen LogP contribution < -0.4 is 20.5 Å². The van der Waals surface area contributed by atoms with Crippen molar-refractivity contribution in [3.05, 3.63) is 48.2 Å². The molecule has 2 aromatic heterocycles. The van der Waals surface area contributed by atoms with Crippen LogP contribution in [0.15, 0.2) is 36.7 Å². The highest BCUT2D eigenvalue weighted by Gasteiger charge is 2.15. The number of rotatable bonds is 9. The van der Waals surface area contributed by atoms with E-state index < -0.39 is 0 Å². The second-order valence-electron chi connectivity index (χ2n) is 7.48. The Balaban J connectivity index is 1.61. The van der Waals surface area contributed by atoms with E-state index in [1.165, 1.54) is 6.33 Å². The van der Waals surface area contributed by atoms with Crippen LogP contribution in [0.5, 0.6) is 11.5 Å². The number of nitrogens with two attached hydrogens (primary N) is 1. The van der Waals surface area contributed by atoms with Crippen LogP contribution in [0.2, 0.25) is 0 Å². The minimum absolute atomic E-state index is 0.310. The number of aryl methyl sites for hydroxylation is 1. The molecule has 0 spiro atoms. The molecule has 0 aliphatic rings. The predicted molar refractivity (Wildman–Crippen MR) is 121 cm³/mol. The molecule has 0 aliphatic carbocycles. The van der Waals surface area contributed by atoms with Gasteiger partial charge in [-0.2, -0.15) is 0 Å². The summed E-state index contributed by atoms with van der Waals surface area (Å²) in [6.45, 7) is 2.29. The number of unbranched alkanes of at least 4 members (excludes halogenated alkanes) is 1. The van der Waals surface area contributed by atoms with Crippen molar-refractivity contribution in [2.45, 2.75) is 26.2 Å². The fourth-order valence-corrected chi connectivity index (χ4v) is 3.55. The first-order valence-corrected chi connectivity index (χ1v) is 10.2. The van der Waals surface area contributed by atoms with Crippen molar-refractivity contribution in [2.75, 3.05) is 19.0 Å². The topological polar surface area (TPSA) is 115 Å². The first kappa shape index (κ1) is 21.4. The summed E-state index contributed by atoms with van der Waals surface area (Å²) in [5.74, 6) is 0.794. The molecule has 32 heavy (non-hydrogen) atoms. The maximum Gasteiger partial charge on any atom is 0.217 e. The summed E-state index contributed by atoms with van der Waals surface area (Å²) < 4.78 is 26.3. The standard InChI is InChI=1S/C23H24FN5O3/c1-13-9-14-16(28-13)6-7-17(22(14)24)29-23-15-10-19(31-2)20(11-18(15)26-12-27-23)32-8-4-3-5-21(25)30/h6-7,9-12,28H,3-5,8H2,1-2H3,(H2,25,30)(H,26,27,29). The summed E-state index contributed by atoms with van der Waals surface area (Å²) in [7, 11) is 1.54. The number of nitrogens with one attached hydrogen (secondary N) is 2. The summed E-state index contributed by atoms with van der Waals surface area (Å²) in [5, 5.41) is 4.25. The third kappa shape index (κ3) is 4.41. The number of nitrogens with zero attached hydrogens (tertiary/aromatic N) is 2. The molecule has 0 atom stereocenters. The number of anilines is 2. The van der Waals surface area contributed by atoms with Gasteiger partial charge in [0.2, 0.25) is 5.91 Å². The number of halogens is 1. The molecule has 0 saturated heterocycles. The number of fused-ring (bicyclic) bond motifs is 2. The number of carbonyl (C=O) groups excluding carboxylic acids is 1. The number of benzene rings is 2. The van der Waals surface area contributed by atoms with Crippen molar-refractivity contribution in [1.29, 1.82) is 0 Å². The van der Waals surface area contributed by atoms with Crippen LogP contribution in [0.1, 0.15) is 25.0 Å². The van der Waals surface area contributed by atoms with Crippen molar-refractivity contribution in [3.63, 3.8) is 0 Å². The zero-order valence-electron chi connectivity index (χ0n) is 17.9. The molecule has 0 bridgehead atoms. The van der Waals surface area contributed by atoms with Gasteiger partial charge in [-0.15, -0.1) is 0 Å². The molecular weight excluding hydrogens is 413 g/mol. The summed E-state index contributed by atoms with van der Waals surface area (Å²) in [6.07, 6.45) is 3.06. The van der Waals surface area contributed by atoms with E-state index in [-0.39, 0.29) is 11.7 Å². The van der Waals surface area contributed by atoms with Crippen LogP contribution in [-0.4, -0.2) is 34.6 Å². The van der Waals surface area contributed by atoms with Crippen molar-refractivity contribution < 1.29 is 18.7 Å². The van der Waals surface area contributed by atoms with Crippen LogP contribution in [0.3, 0.4) is 0 Å². The van der Waals surface area contributed by atoms with Gasteiger partial charge in [0, 0.05) is 34.5 Å². The molecule has 1 amide bonds. The first-order valence-electron chi connectivity index (χ1n) is 10.2. The molecular formula is C23H24FN5O3. The summed E-state index contributed by atoms with van der Waals surface area (Å²) in [5.41, 5.74) is 7.70. The highest BCUT2D eigenvalue weighted by Crippen LogP contribution is 2.35. The first-order chi connectivity index (χ1) is 15.5. The lowest BCUT2D eigenvalue weighted by molar-refractivity contribution is -0.118. The number of amides is 1. The predicted octanol–water partition coefficient (Wildman–Crippen LogP) is 4.35. The maximum atomic E-state index is 15.0. The Kier molecular flexibility index (Phi) is 6.07. The van der Waals surface area contributed by atoms with E-state index in [2.05, 4.69) is 20.3 Å². The van der Waals surface area contributed by atoms with Crippen LogP contribution in [-0.2, 0) is 4.79 Å². The molecule has 4 N–H and O–H groups in total. The summed E-state index contributed by atoms with van der Waals surface area (Å²) >= 11 is 0. The lowest BCUT2D eigenvalue weighted by atomic mass is 10.2. The highest BCUT2D eigenvalue weighted by molar-refractivity contribution is 5.94. The van der Waals surface area contributed by atoms with Crippen molar-refractivity contribution in [3.8, 4) is 11.5 Å². The highest BCUT2D eigenvalue weighted by atomic mass is 19.1. The van der Waals surface area contributed by atoms with Gasteiger partial charge < -0.3 is 25.5 Å². The zero-order valence-corrected chi connectivity index (χ0v) is 17.9. The largest absolute Gasteiger partial charge is 0.493 e. The Morgan fingerprint density at radius 2 is 2.00 bits per heavy atom. The molecule has 2 heterocycles. The lowest BCUT2D eigenvalue weighted by Gasteiger charge is -2.14. The van der Waals surface area contributed by atoms with Gasteiger partial charge in [0.1, 0.15) is 12.1 Å². The van der Waals surface area contributed by atoms with Gasteiger partial charge >= 0.3 is 0 Å². The number of aromatic nitrogens is 3. The van der Waals surface area contributed by atoms with Gasteiger partial charge in [-0.1, -0.05) is 0 Å². The van der Waals surface area contributed by atoms with Gasteiger partial charge in [-0.25, -0.2) is 14.4 Å². The van der Waals surface area contributed by atoms with E-state index in [9.17, 15) is 4.79 Å². The Labute approximate surface area is 183 Å². The number of primary amides is 1. The van der Waals surface area contributed by atoms with Crippen molar-refractivity contribution in [1.82, 2.24) is 15.0 Å². The maximum absolute atomic E-state index is 15.0. The molecule has 2 aromatic carbocycles. The number of H-pyrrole nitrogens is 1. The van der Waals surface area contributed by atoms with Crippen LogP contribution in [0.25, 0.3) is 21.8 Å². The number of aromatic amines is 1. The third-order valence-corrected chi connectivity index (χ3v) is 5.12. The van der Waals surface area contributed by atoms with E-state index in [0.29, 0.717) is 65.2 Å². The number of carbonyl (C=O) groups is 1. The Morgan fingerprint density at radius 1 is 1.16 bits per heavy atom. The molecule has 0 radical (unpaired) electrons. The van der Waals surface area contributed by atoms with Crippen molar-refractivity contribution in [2.24, 2.45) is 5.73 Å². The average molecular weight is 437 g/mol. The molecule has 166 valence electrons. The molecule has 0 fully saturated rings. The van der Waals surface area contributed by atoms with E-state index >= 15 is 4.39 Å². The molecule has 0 saturated carbocycles. The molecule has 0 unspecified atom stereocenters. The lowest BCUT2D eigenvalue weighted by Crippen LogP contribution is -2.10. The quantitative estimate of drug-likeness (QED) is 0.336. The number of ether oxygens (including phenoxy) is 2. The van der Waals surface area contributed by atoms with E-state index in [1.807, 2.05) is 13.0 Å². The van der Waals surface area contributed by atoms with Gasteiger partial charge in [0.05, 0.1) is 24.9 Å². The molecule has 9 heteroatoms. The summed E-state index contributed by atoms with van der Waals surface area (Å²) in [6, 6.07) is 8.77. The van der Waals surface area contributed by atoms with Crippen LogP contribution in [0, 0.1) is 12.7 Å². The fourth-order valence-electron chi connectivity index (χ4n) is 3.55. The van der Waals surface area contributed by atoms with Gasteiger partial charge in [-0.05, 0) is 44.0 Å². The van der Waals surface area contributed by atoms with E-state index in [0.717, 1.165) is 11.2 Å². The fraction of sp³-hybridized carbons (Fsp3) is 0.261. The van der Waals surface area contributed by atoms with Gasteiger partial charge in [0.15, 0.2) is 17.3 Å². The van der Waals surface area contributed by atoms with Gasteiger partial charge in [-0.3, -0.25) is 4.79 Å². The number of methoxy groups -OCH3 is 1. The minimum Gasteiger partial charge on any atom is -0.493 e. The van der Waals surface area contributed by atoms with Crippen LogP contribution in [0.4, 0.5) is 15.9 Å². The van der Waals surface area contributed by atoms with E-state index in [1.54, 1.807) is 31.4 Å². The van der Waals surface area contributed by atoms with Crippen molar-refractivity contribution >= 4 is 39.2 Å². The van der Waals surface area contributed by atoms with Crippen LogP contribution >= 0.6 is 0 Å². The summed E-state index contributed by atoms with van der Waals surface area (Å²) in [4.78, 5) is 22.6. The SMILES string of the molecule is COc1cc2c(Nc3ccc4[nH]c(C)cc4c3F)ncnc2cc1OCCCCC(N)=O. The molecule has 4 aromatic rings. The monoisotopic (exact) mass is 437 g/mol. The number of hydrogen-bond acceptors (Lipinski definition) is 6. The van der Waals surface area contributed by atoms with Gasteiger partial charge in [0.25, 0.3) is 0 Å². The smallest absolute Gasteiger partial charge is 0.217 e. The Bertz CT molecular complexity index is 1290. The normalized spacial score (nSPS) is 11.1. The average Bonchev–Trinajstić information content (AvgIpc) is 3.16.